The summed E-state index contributed by atoms with van der Waals surface area (Å²) in [4.78, 5) is 14.4. The van der Waals surface area contributed by atoms with E-state index in [9.17, 15) is 0 Å². The molecule has 0 radical (unpaired) electrons. The van der Waals surface area contributed by atoms with Gasteiger partial charge in [-0.2, -0.15) is 0 Å². The lowest BCUT2D eigenvalue weighted by atomic mass is 10.1. The molecule has 1 aromatic carbocycles. The molecule has 3 N–H and O–H groups in total. The summed E-state index contributed by atoms with van der Waals surface area (Å²) in [5, 5.41) is 0. The number of benzene rings is 1. The third-order valence-corrected chi connectivity index (χ3v) is 3.31. The molecule has 0 saturated carbocycles. The largest absolute Gasteiger partial charge is 0.399 e. The quantitative estimate of drug-likeness (QED) is 0.700. The van der Waals surface area contributed by atoms with Crippen LogP contribution in [0.4, 0.5) is 11.5 Å². The van der Waals surface area contributed by atoms with Crippen molar-refractivity contribution in [1.82, 2.24) is 15.0 Å². The normalized spacial score (nSPS) is 10.9. The van der Waals surface area contributed by atoms with Crippen LogP contribution in [0.25, 0.3) is 22.6 Å². The summed E-state index contributed by atoms with van der Waals surface area (Å²) in [5.74, 6) is 1.69. The number of nitrogen functional groups attached to an aromatic ring is 1. The van der Waals surface area contributed by atoms with E-state index in [1.54, 1.807) is 0 Å². The van der Waals surface area contributed by atoms with Crippen molar-refractivity contribution in [2.45, 2.75) is 6.92 Å². The van der Waals surface area contributed by atoms with Gasteiger partial charge in [0.05, 0.1) is 5.52 Å². The van der Waals surface area contributed by atoms with Gasteiger partial charge in [-0.1, -0.05) is 6.07 Å². The fourth-order valence-corrected chi connectivity index (χ4v) is 2.15. The topological polar surface area (TPSA) is 70.8 Å². The number of nitrogens with two attached hydrogens (primary N) is 1. The van der Waals surface area contributed by atoms with Gasteiger partial charge in [-0.05, 0) is 36.8 Å². The molecule has 2 heterocycles. The minimum atomic E-state index is 0.716. The van der Waals surface area contributed by atoms with Crippen LogP contribution < -0.4 is 10.6 Å². The zero-order chi connectivity index (χ0) is 14.3. The molecule has 3 aromatic rings. The van der Waals surface area contributed by atoms with Crippen molar-refractivity contribution in [3.05, 3.63) is 35.9 Å². The molecule has 0 aliphatic rings. The number of imidazole rings is 1. The molecule has 0 atom stereocenters. The Hall–Kier alpha value is -2.56. The van der Waals surface area contributed by atoms with Crippen LogP contribution in [-0.2, 0) is 0 Å². The number of hydrogen-bond acceptors (Lipinski definition) is 4. The van der Waals surface area contributed by atoms with Gasteiger partial charge in [0.1, 0.15) is 11.6 Å². The van der Waals surface area contributed by atoms with Gasteiger partial charge in [-0.3, -0.25) is 0 Å². The highest BCUT2D eigenvalue weighted by Crippen LogP contribution is 2.25. The highest BCUT2D eigenvalue weighted by molar-refractivity contribution is 5.79. The summed E-state index contributed by atoms with van der Waals surface area (Å²) in [6.07, 6.45) is 0. The van der Waals surface area contributed by atoms with Crippen molar-refractivity contribution in [2.75, 3.05) is 24.7 Å². The van der Waals surface area contributed by atoms with Crippen LogP contribution in [0.2, 0.25) is 0 Å². The molecular formula is C15H17N5. The molecule has 5 heteroatoms. The molecule has 0 aliphatic carbocycles. The molecular weight excluding hydrogens is 250 g/mol. The monoisotopic (exact) mass is 267 g/mol. The molecule has 102 valence electrons. The fraction of sp³-hybridized carbons (Fsp3) is 0.200. The zero-order valence-corrected chi connectivity index (χ0v) is 11.8. The first kappa shape index (κ1) is 12.5. The van der Waals surface area contributed by atoms with Gasteiger partial charge in [-0.15, -0.1) is 0 Å². The molecule has 0 amide bonds. The van der Waals surface area contributed by atoms with Crippen LogP contribution in [0.1, 0.15) is 5.56 Å². The number of H-pyrrole nitrogens is 1. The van der Waals surface area contributed by atoms with Crippen LogP contribution in [-0.4, -0.2) is 29.0 Å². The third kappa shape index (κ3) is 2.07. The van der Waals surface area contributed by atoms with E-state index in [-0.39, 0.29) is 0 Å². The number of rotatable bonds is 2. The van der Waals surface area contributed by atoms with Crippen LogP contribution in [0.15, 0.2) is 30.3 Å². The molecule has 3 rings (SSSR count). The number of pyridine rings is 1. The van der Waals surface area contributed by atoms with Gasteiger partial charge in [-0.25, -0.2) is 9.97 Å². The lowest BCUT2D eigenvalue weighted by Gasteiger charge is -2.09. The van der Waals surface area contributed by atoms with Crippen molar-refractivity contribution >= 4 is 22.7 Å². The van der Waals surface area contributed by atoms with Gasteiger partial charge in [0.25, 0.3) is 0 Å². The number of hydrogen-bond donors (Lipinski definition) is 2. The number of aromatic nitrogens is 3. The molecule has 20 heavy (non-hydrogen) atoms. The predicted molar refractivity (Wildman–Crippen MR) is 82.8 cm³/mol. The molecule has 0 saturated heterocycles. The number of anilines is 2. The van der Waals surface area contributed by atoms with E-state index in [1.807, 2.05) is 56.3 Å². The highest BCUT2D eigenvalue weighted by atomic mass is 15.1. The summed E-state index contributed by atoms with van der Waals surface area (Å²) < 4.78 is 0. The lowest BCUT2D eigenvalue weighted by Crippen LogP contribution is -2.10. The Bertz CT molecular complexity index is 773. The van der Waals surface area contributed by atoms with E-state index in [0.717, 1.165) is 34.0 Å². The van der Waals surface area contributed by atoms with Gasteiger partial charge >= 0.3 is 0 Å². The van der Waals surface area contributed by atoms with E-state index in [4.69, 9.17) is 5.73 Å². The van der Waals surface area contributed by atoms with Gasteiger partial charge in [0, 0.05) is 25.3 Å². The molecule has 0 spiro atoms. The van der Waals surface area contributed by atoms with Gasteiger partial charge in [0.2, 0.25) is 0 Å². The van der Waals surface area contributed by atoms with E-state index in [1.165, 1.54) is 0 Å². The molecule has 0 unspecified atom stereocenters. The first-order valence-corrected chi connectivity index (χ1v) is 6.45. The number of nitrogens with one attached hydrogen (secondary N) is 1. The minimum Gasteiger partial charge on any atom is -0.399 e. The first-order chi connectivity index (χ1) is 9.54. The number of fused-ring (bicyclic) bond motifs is 1. The summed E-state index contributed by atoms with van der Waals surface area (Å²) in [6.45, 7) is 2.04. The average molecular weight is 267 g/mol. The number of aromatic amines is 1. The van der Waals surface area contributed by atoms with Crippen LogP contribution >= 0.6 is 0 Å². The molecule has 0 fully saturated rings. The van der Waals surface area contributed by atoms with Crippen LogP contribution in [0.3, 0.4) is 0 Å². The van der Waals surface area contributed by atoms with Crippen LogP contribution in [0.5, 0.6) is 0 Å². The summed E-state index contributed by atoms with van der Waals surface area (Å²) in [7, 11) is 3.92. The fourth-order valence-electron chi connectivity index (χ4n) is 2.15. The van der Waals surface area contributed by atoms with E-state index >= 15 is 0 Å². The maximum Gasteiger partial charge on any atom is 0.180 e. The van der Waals surface area contributed by atoms with Crippen molar-refractivity contribution < 1.29 is 0 Å². The Kier molecular flexibility index (Phi) is 2.82. The number of aryl methyl sites for hydroxylation is 1. The Morgan fingerprint density at radius 2 is 1.90 bits per heavy atom. The maximum absolute atomic E-state index is 5.86. The van der Waals surface area contributed by atoms with E-state index < -0.39 is 0 Å². The minimum absolute atomic E-state index is 0.716. The van der Waals surface area contributed by atoms with Crippen molar-refractivity contribution in [2.24, 2.45) is 0 Å². The zero-order valence-electron chi connectivity index (χ0n) is 11.8. The van der Waals surface area contributed by atoms with Crippen molar-refractivity contribution in [1.29, 1.82) is 0 Å². The van der Waals surface area contributed by atoms with Crippen molar-refractivity contribution in [3.63, 3.8) is 0 Å². The SMILES string of the molecule is Cc1ccc(N)cc1-c1nc2nc(N(C)C)ccc2[nH]1. The smallest absolute Gasteiger partial charge is 0.180 e. The third-order valence-electron chi connectivity index (χ3n) is 3.31. The Labute approximate surface area is 117 Å². The van der Waals surface area contributed by atoms with E-state index in [0.29, 0.717) is 5.65 Å². The van der Waals surface area contributed by atoms with E-state index in [2.05, 4.69) is 15.0 Å². The van der Waals surface area contributed by atoms with Gasteiger partial charge < -0.3 is 15.6 Å². The molecule has 2 aromatic heterocycles. The average Bonchev–Trinajstić information content (AvgIpc) is 2.83. The second kappa shape index (κ2) is 4.52. The summed E-state index contributed by atoms with van der Waals surface area (Å²) in [6, 6.07) is 9.78. The predicted octanol–water partition coefficient (Wildman–Crippen LogP) is 2.58. The number of nitrogens with zero attached hydrogens (tertiary/aromatic N) is 3. The standard InChI is InChI=1S/C15H17N5/c1-9-4-5-10(16)8-11(9)14-17-12-6-7-13(20(2)3)18-15(12)19-14/h4-8H,16H2,1-3H3,(H,17,18,19). The second-order valence-electron chi connectivity index (χ2n) is 5.09. The van der Waals surface area contributed by atoms with Gasteiger partial charge in [0.15, 0.2) is 5.65 Å². The second-order valence-corrected chi connectivity index (χ2v) is 5.09. The lowest BCUT2D eigenvalue weighted by molar-refractivity contribution is 1.08. The molecule has 0 aliphatic heterocycles. The Morgan fingerprint density at radius 1 is 1.10 bits per heavy atom. The van der Waals surface area contributed by atoms with Crippen molar-refractivity contribution in [3.8, 4) is 11.4 Å². The highest BCUT2D eigenvalue weighted by Gasteiger charge is 2.10. The summed E-state index contributed by atoms with van der Waals surface area (Å²) >= 11 is 0. The van der Waals surface area contributed by atoms with Crippen LogP contribution in [0, 0.1) is 6.92 Å². The molecule has 5 nitrogen and oxygen atoms in total. The summed E-state index contributed by atoms with van der Waals surface area (Å²) in [5.41, 5.74) is 10.4. The molecule has 0 bridgehead atoms. The first-order valence-electron chi connectivity index (χ1n) is 6.45. The Morgan fingerprint density at radius 3 is 2.65 bits per heavy atom. The Balaban J connectivity index is 2.15. The maximum atomic E-state index is 5.86.